The Labute approximate surface area is 138 Å². The molecule has 0 saturated heterocycles. The van der Waals surface area contributed by atoms with Gasteiger partial charge in [-0.2, -0.15) is 0 Å². The third-order valence-corrected chi connectivity index (χ3v) is 3.71. The Kier molecular flexibility index (Phi) is 4.59. The zero-order chi connectivity index (χ0) is 17.1. The summed E-state index contributed by atoms with van der Waals surface area (Å²) in [6.07, 6.45) is 1.97. The molecule has 6 nitrogen and oxygen atoms in total. The molecule has 1 saturated carbocycles. The molecule has 24 heavy (non-hydrogen) atoms. The van der Waals surface area contributed by atoms with Crippen molar-refractivity contribution in [2.75, 3.05) is 6.54 Å². The fourth-order valence-corrected chi connectivity index (χ4v) is 2.24. The van der Waals surface area contributed by atoms with Crippen LogP contribution in [0.2, 0.25) is 0 Å². The van der Waals surface area contributed by atoms with Crippen molar-refractivity contribution in [3.8, 4) is 11.5 Å². The summed E-state index contributed by atoms with van der Waals surface area (Å²) in [5, 5.41) is 5.33. The van der Waals surface area contributed by atoms with Gasteiger partial charge in [0.15, 0.2) is 0 Å². The van der Waals surface area contributed by atoms with Gasteiger partial charge in [-0.1, -0.05) is 12.1 Å². The van der Waals surface area contributed by atoms with Crippen molar-refractivity contribution in [1.82, 2.24) is 15.6 Å². The minimum absolute atomic E-state index is 0.0273. The van der Waals surface area contributed by atoms with Crippen molar-refractivity contribution < 1.29 is 18.4 Å². The van der Waals surface area contributed by atoms with E-state index in [0.717, 1.165) is 12.8 Å². The highest BCUT2D eigenvalue weighted by Gasteiger charge is 2.23. The second kappa shape index (κ2) is 6.82. The molecule has 0 spiro atoms. The van der Waals surface area contributed by atoms with E-state index >= 15 is 0 Å². The van der Waals surface area contributed by atoms with E-state index in [1.165, 1.54) is 6.07 Å². The number of amides is 2. The van der Waals surface area contributed by atoms with Crippen LogP contribution < -0.4 is 10.6 Å². The molecule has 7 heteroatoms. The fraction of sp³-hybridized carbons (Fsp3) is 0.353. The van der Waals surface area contributed by atoms with Crippen molar-refractivity contribution in [2.24, 2.45) is 0 Å². The van der Waals surface area contributed by atoms with Gasteiger partial charge >= 0.3 is 0 Å². The molecular formula is C17H18FN3O3. The normalized spacial score (nSPS) is 13.6. The van der Waals surface area contributed by atoms with Gasteiger partial charge in [0.05, 0.1) is 24.2 Å². The van der Waals surface area contributed by atoms with Gasteiger partial charge in [-0.25, -0.2) is 9.37 Å². The predicted molar refractivity (Wildman–Crippen MR) is 84.5 cm³/mol. The van der Waals surface area contributed by atoms with Gasteiger partial charge in [-0.3, -0.25) is 9.59 Å². The smallest absolute Gasteiger partial charge is 0.239 e. The Balaban J connectivity index is 1.59. The number of nitrogens with zero attached hydrogens (tertiary/aromatic N) is 1. The maximum atomic E-state index is 13.8. The monoisotopic (exact) mass is 331 g/mol. The average molecular weight is 331 g/mol. The largest absolute Gasteiger partial charge is 0.441 e. The summed E-state index contributed by atoms with van der Waals surface area (Å²) in [4.78, 5) is 27.7. The van der Waals surface area contributed by atoms with Crippen LogP contribution in [0, 0.1) is 12.7 Å². The van der Waals surface area contributed by atoms with Crippen molar-refractivity contribution in [3.05, 3.63) is 41.5 Å². The summed E-state index contributed by atoms with van der Waals surface area (Å²) < 4.78 is 19.2. The summed E-state index contributed by atoms with van der Waals surface area (Å²) in [5.41, 5.74) is 0.671. The van der Waals surface area contributed by atoms with Gasteiger partial charge in [0.2, 0.25) is 17.7 Å². The number of hydrogen-bond acceptors (Lipinski definition) is 4. The number of nitrogens with one attached hydrogen (secondary N) is 2. The SMILES string of the molecule is Cc1oc(-c2ccccc2F)nc1CC(=O)NCC(=O)NC1CC1. The summed E-state index contributed by atoms with van der Waals surface area (Å²) in [7, 11) is 0. The average Bonchev–Trinajstić information content (AvgIpc) is 3.29. The van der Waals surface area contributed by atoms with Crippen LogP contribution in [0.1, 0.15) is 24.3 Å². The van der Waals surface area contributed by atoms with Gasteiger partial charge in [-0.15, -0.1) is 0 Å². The van der Waals surface area contributed by atoms with Gasteiger partial charge in [0.1, 0.15) is 11.6 Å². The maximum absolute atomic E-state index is 13.8. The highest BCUT2D eigenvalue weighted by Crippen LogP contribution is 2.24. The molecule has 1 aliphatic carbocycles. The second-order valence-electron chi connectivity index (χ2n) is 5.80. The molecule has 3 rings (SSSR count). The molecule has 2 N–H and O–H groups in total. The van der Waals surface area contributed by atoms with Crippen LogP contribution in [0.15, 0.2) is 28.7 Å². The molecule has 2 aromatic rings. The first-order valence-corrected chi connectivity index (χ1v) is 7.80. The predicted octanol–water partition coefficient (Wildman–Crippen LogP) is 1.73. The molecule has 0 unspecified atom stereocenters. The zero-order valence-electron chi connectivity index (χ0n) is 13.3. The number of carbonyl (C=O) groups is 2. The van der Waals surface area contributed by atoms with Crippen LogP contribution in [0.25, 0.3) is 11.5 Å². The minimum atomic E-state index is -0.438. The van der Waals surface area contributed by atoms with Gasteiger partial charge in [0, 0.05) is 6.04 Å². The standard InChI is InChI=1S/C17H18FN3O3/c1-10-14(8-15(22)19-9-16(23)20-11-6-7-11)21-17(24-10)12-4-2-3-5-13(12)18/h2-5,11H,6-9H2,1H3,(H,19,22)(H,20,23). The third kappa shape index (κ3) is 3.98. The molecule has 1 aromatic carbocycles. The van der Waals surface area contributed by atoms with Crippen molar-refractivity contribution in [2.45, 2.75) is 32.2 Å². The first-order valence-electron chi connectivity index (χ1n) is 7.80. The Morgan fingerprint density at radius 1 is 1.29 bits per heavy atom. The van der Waals surface area contributed by atoms with Gasteiger partial charge in [0.25, 0.3) is 0 Å². The number of carbonyl (C=O) groups excluding carboxylic acids is 2. The van der Waals surface area contributed by atoms with Crippen LogP contribution in [0.3, 0.4) is 0 Å². The number of oxazole rings is 1. The first kappa shape index (κ1) is 16.2. The summed E-state index contributed by atoms with van der Waals surface area (Å²) in [6.45, 7) is 1.60. The fourth-order valence-electron chi connectivity index (χ4n) is 2.24. The summed E-state index contributed by atoms with van der Waals surface area (Å²) >= 11 is 0. The number of hydrogen-bond donors (Lipinski definition) is 2. The van der Waals surface area contributed by atoms with E-state index in [1.54, 1.807) is 25.1 Å². The molecule has 1 heterocycles. The van der Waals surface area contributed by atoms with Crippen molar-refractivity contribution >= 4 is 11.8 Å². The zero-order valence-corrected chi connectivity index (χ0v) is 13.3. The Morgan fingerprint density at radius 2 is 2.04 bits per heavy atom. The van der Waals surface area contributed by atoms with E-state index < -0.39 is 5.82 Å². The molecule has 1 aromatic heterocycles. The van der Waals surface area contributed by atoms with Crippen molar-refractivity contribution in [1.29, 1.82) is 0 Å². The maximum Gasteiger partial charge on any atom is 0.239 e. The van der Waals surface area contributed by atoms with Crippen LogP contribution >= 0.6 is 0 Å². The lowest BCUT2D eigenvalue weighted by atomic mass is 10.2. The summed E-state index contributed by atoms with van der Waals surface area (Å²) in [6, 6.07) is 6.40. The Morgan fingerprint density at radius 3 is 2.75 bits per heavy atom. The molecule has 0 bridgehead atoms. The summed E-state index contributed by atoms with van der Waals surface area (Å²) in [5.74, 6) is -0.385. The van der Waals surface area contributed by atoms with Crippen LogP contribution in [-0.4, -0.2) is 29.4 Å². The van der Waals surface area contributed by atoms with E-state index in [9.17, 15) is 14.0 Å². The van der Waals surface area contributed by atoms with Gasteiger partial charge < -0.3 is 15.1 Å². The highest BCUT2D eigenvalue weighted by molar-refractivity contribution is 5.85. The Bertz CT molecular complexity index is 768. The lowest BCUT2D eigenvalue weighted by Crippen LogP contribution is -2.38. The molecule has 126 valence electrons. The number of benzene rings is 1. The van der Waals surface area contributed by atoms with Crippen LogP contribution in [0.5, 0.6) is 0 Å². The van der Waals surface area contributed by atoms with E-state index in [4.69, 9.17) is 4.42 Å². The molecule has 1 fully saturated rings. The molecule has 0 atom stereocenters. The minimum Gasteiger partial charge on any atom is -0.441 e. The third-order valence-electron chi connectivity index (χ3n) is 3.71. The van der Waals surface area contributed by atoms with Crippen molar-refractivity contribution in [3.63, 3.8) is 0 Å². The highest BCUT2D eigenvalue weighted by atomic mass is 19.1. The molecule has 0 radical (unpaired) electrons. The number of aryl methyl sites for hydroxylation is 1. The molecule has 0 aliphatic heterocycles. The van der Waals surface area contributed by atoms with Crippen LogP contribution in [0.4, 0.5) is 4.39 Å². The van der Waals surface area contributed by atoms with Crippen LogP contribution in [-0.2, 0) is 16.0 Å². The lowest BCUT2D eigenvalue weighted by Gasteiger charge is -2.05. The molecular weight excluding hydrogens is 313 g/mol. The second-order valence-corrected chi connectivity index (χ2v) is 5.80. The first-order chi connectivity index (χ1) is 11.5. The van der Waals surface area contributed by atoms with E-state index in [2.05, 4.69) is 15.6 Å². The topological polar surface area (TPSA) is 84.2 Å². The number of rotatable bonds is 6. The number of aromatic nitrogens is 1. The Hall–Kier alpha value is -2.70. The van der Waals surface area contributed by atoms with E-state index in [1.807, 2.05) is 0 Å². The quantitative estimate of drug-likeness (QED) is 0.844. The van der Waals surface area contributed by atoms with E-state index in [0.29, 0.717) is 11.5 Å². The lowest BCUT2D eigenvalue weighted by molar-refractivity contribution is -0.125. The number of halogens is 1. The van der Waals surface area contributed by atoms with Gasteiger partial charge in [-0.05, 0) is 31.9 Å². The molecule has 2 amide bonds. The molecule has 1 aliphatic rings. The van der Waals surface area contributed by atoms with E-state index in [-0.39, 0.29) is 42.3 Å².